The van der Waals surface area contributed by atoms with Gasteiger partial charge in [-0.1, -0.05) is 40.2 Å². The molecule has 1 heterocycles. The molecule has 7 nitrogen and oxygen atoms in total. The summed E-state index contributed by atoms with van der Waals surface area (Å²) >= 11 is 3.49. The lowest BCUT2D eigenvalue weighted by Crippen LogP contribution is -2.40. The highest BCUT2D eigenvalue weighted by Crippen LogP contribution is 2.29. The van der Waals surface area contributed by atoms with Gasteiger partial charge in [0.15, 0.2) is 0 Å². The van der Waals surface area contributed by atoms with Crippen LogP contribution < -0.4 is 4.74 Å². The third kappa shape index (κ3) is 5.21. The van der Waals surface area contributed by atoms with Crippen molar-refractivity contribution in [2.75, 3.05) is 40.5 Å². The summed E-state index contributed by atoms with van der Waals surface area (Å²) in [5, 5.41) is 0. The van der Waals surface area contributed by atoms with E-state index in [0.717, 1.165) is 10.0 Å². The number of carbonyl (C=O) groups is 1. The number of carbonyl (C=O) groups excluding carboxylic acids is 1. The van der Waals surface area contributed by atoms with Gasteiger partial charge in [-0.3, -0.25) is 4.79 Å². The molecule has 1 fully saturated rings. The Morgan fingerprint density at radius 2 is 1.90 bits per heavy atom. The smallest absolute Gasteiger partial charge is 0.246 e. The topological polar surface area (TPSA) is 76.2 Å². The molecule has 2 aromatic rings. The summed E-state index contributed by atoms with van der Waals surface area (Å²) < 4.78 is 39.1. The number of ether oxygens (including phenoxy) is 2. The lowest BCUT2D eigenvalue weighted by atomic mass is 10.1. The number of sulfonamides is 1. The van der Waals surface area contributed by atoms with Gasteiger partial charge < -0.3 is 14.4 Å². The van der Waals surface area contributed by atoms with Gasteiger partial charge in [-0.2, -0.15) is 4.31 Å². The Morgan fingerprint density at radius 1 is 1.20 bits per heavy atom. The predicted molar refractivity (Wildman–Crippen MR) is 117 cm³/mol. The molecule has 0 N–H and O–H groups in total. The SMILES string of the molecule is COc1ccc(CC(=O)N(C)Cc2ccccc2Br)cc1S(=O)(=O)N1CCOCC1. The Hall–Kier alpha value is -1.94. The second-order valence-electron chi connectivity index (χ2n) is 7.02. The van der Waals surface area contributed by atoms with E-state index in [9.17, 15) is 13.2 Å². The van der Waals surface area contributed by atoms with Crippen molar-refractivity contribution < 1.29 is 22.7 Å². The van der Waals surface area contributed by atoms with Crippen LogP contribution in [-0.4, -0.2) is 64.0 Å². The average Bonchev–Trinajstić information content (AvgIpc) is 2.75. The zero-order valence-corrected chi connectivity index (χ0v) is 19.4. The van der Waals surface area contributed by atoms with Crippen LogP contribution in [0.15, 0.2) is 51.8 Å². The molecule has 3 rings (SSSR count). The summed E-state index contributed by atoms with van der Waals surface area (Å²) in [7, 11) is -0.573. The zero-order chi connectivity index (χ0) is 21.7. The largest absolute Gasteiger partial charge is 0.495 e. The molecule has 1 amide bonds. The van der Waals surface area contributed by atoms with Crippen LogP contribution in [0, 0.1) is 0 Å². The first-order valence-electron chi connectivity index (χ1n) is 9.55. The Labute approximate surface area is 185 Å². The van der Waals surface area contributed by atoms with E-state index in [1.807, 2.05) is 24.3 Å². The quantitative estimate of drug-likeness (QED) is 0.588. The van der Waals surface area contributed by atoms with Gasteiger partial charge in [0.05, 0.1) is 26.7 Å². The second kappa shape index (κ2) is 9.91. The van der Waals surface area contributed by atoms with Crippen LogP contribution in [0.4, 0.5) is 0 Å². The number of nitrogens with zero attached hydrogens (tertiary/aromatic N) is 2. The fourth-order valence-corrected chi connectivity index (χ4v) is 5.26. The monoisotopic (exact) mass is 496 g/mol. The standard InChI is InChI=1S/C21H25BrN2O5S/c1-23(15-17-5-3-4-6-18(17)22)21(25)14-16-7-8-19(28-2)20(13-16)30(26,27)24-9-11-29-12-10-24/h3-8,13H,9-12,14-15H2,1-2H3. The van der Waals surface area contributed by atoms with E-state index in [1.54, 1.807) is 24.1 Å². The van der Waals surface area contributed by atoms with Crippen LogP contribution in [0.25, 0.3) is 0 Å². The summed E-state index contributed by atoms with van der Waals surface area (Å²) in [6.45, 7) is 1.77. The molecule has 0 bridgehead atoms. The molecule has 162 valence electrons. The minimum Gasteiger partial charge on any atom is -0.495 e. The number of likely N-dealkylation sites (N-methyl/N-ethyl adjacent to an activating group) is 1. The van der Waals surface area contributed by atoms with Gasteiger partial charge in [0, 0.05) is 31.2 Å². The second-order valence-corrected chi connectivity index (χ2v) is 9.78. The minimum atomic E-state index is -3.74. The number of halogens is 1. The maximum Gasteiger partial charge on any atom is 0.246 e. The number of morpholine rings is 1. The maximum absolute atomic E-state index is 13.1. The van der Waals surface area contributed by atoms with Crippen molar-refractivity contribution in [2.24, 2.45) is 0 Å². The molecule has 2 aromatic carbocycles. The lowest BCUT2D eigenvalue weighted by molar-refractivity contribution is -0.129. The molecule has 0 saturated carbocycles. The summed E-state index contributed by atoms with van der Waals surface area (Å²) in [5.41, 5.74) is 1.62. The van der Waals surface area contributed by atoms with E-state index < -0.39 is 10.0 Å². The normalized spacial score (nSPS) is 15.0. The summed E-state index contributed by atoms with van der Waals surface area (Å²) in [6, 6.07) is 12.6. The zero-order valence-electron chi connectivity index (χ0n) is 17.0. The van der Waals surface area contributed by atoms with E-state index in [0.29, 0.717) is 38.4 Å². The Bertz CT molecular complexity index is 1010. The number of rotatable bonds is 7. The molecule has 1 aliphatic rings. The molecule has 0 spiro atoms. The number of hydrogen-bond donors (Lipinski definition) is 0. The Kier molecular flexibility index (Phi) is 7.51. The van der Waals surface area contributed by atoms with Gasteiger partial charge in [-0.15, -0.1) is 0 Å². The van der Waals surface area contributed by atoms with E-state index >= 15 is 0 Å². The Morgan fingerprint density at radius 3 is 2.57 bits per heavy atom. The van der Waals surface area contributed by atoms with Crippen LogP contribution in [0.5, 0.6) is 5.75 Å². The van der Waals surface area contributed by atoms with Crippen molar-refractivity contribution in [2.45, 2.75) is 17.9 Å². The van der Waals surface area contributed by atoms with Crippen molar-refractivity contribution in [1.82, 2.24) is 9.21 Å². The van der Waals surface area contributed by atoms with Crippen LogP contribution in [-0.2, 0) is 32.5 Å². The van der Waals surface area contributed by atoms with Crippen molar-refractivity contribution in [1.29, 1.82) is 0 Å². The van der Waals surface area contributed by atoms with E-state index in [1.165, 1.54) is 17.5 Å². The molecule has 1 saturated heterocycles. The summed E-state index contributed by atoms with van der Waals surface area (Å²) in [6.07, 6.45) is 0.0938. The van der Waals surface area contributed by atoms with Gasteiger partial charge in [-0.05, 0) is 29.3 Å². The first kappa shape index (κ1) is 22.7. The highest BCUT2D eigenvalue weighted by Gasteiger charge is 2.29. The first-order chi connectivity index (χ1) is 14.3. The maximum atomic E-state index is 13.1. The molecule has 30 heavy (non-hydrogen) atoms. The lowest BCUT2D eigenvalue weighted by Gasteiger charge is -2.27. The molecule has 0 radical (unpaired) electrons. The third-order valence-electron chi connectivity index (χ3n) is 4.96. The van der Waals surface area contributed by atoms with Crippen LogP contribution in [0.3, 0.4) is 0 Å². The van der Waals surface area contributed by atoms with Crippen LogP contribution in [0.2, 0.25) is 0 Å². The van der Waals surface area contributed by atoms with E-state index in [-0.39, 0.29) is 23.0 Å². The minimum absolute atomic E-state index is 0.0747. The fraction of sp³-hybridized carbons (Fsp3) is 0.381. The molecule has 9 heteroatoms. The molecular formula is C21H25BrN2O5S. The Balaban J connectivity index is 1.79. The molecular weight excluding hydrogens is 472 g/mol. The summed E-state index contributed by atoms with van der Waals surface area (Å²) in [4.78, 5) is 14.4. The number of methoxy groups -OCH3 is 1. The van der Waals surface area contributed by atoms with E-state index in [4.69, 9.17) is 9.47 Å². The summed E-state index contributed by atoms with van der Waals surface area (Å²) in [5.74, 6) is 0.157. The first-order valence-corrected chi connectivity index (χ1v) is 11.8. The molecule has 0 unspecified atom stereocenters. The van der Waals surface area contributed by atoms with E-state index in [2.05, 4.69) is 15.9 Å². The van der Waals surface area contributed by atoms with Gasteiger partial charge in [0.1, 0.15) is 10.6 Å². The van der Waals surface area contributed by atoms with Crippen molar-refractivity contribution in [3.8, 4) is 5.75 Å². The van der Waals surface area contributed by atoms with Gasteiger partial charge in [0.25, 0.3) is 0 Å². The number of amides is 1. The average molecular weight is 497 g/mol. The predicted octanol–water partition coefficient (Wildman–Crippen LogP) is 2.68. The van der Waals surface area contributed by atoms with Gasteiger partial charge in [0.2, 0.25) is 15.9 Å². The third-order valence-corrected chi connectivity index (χ3v) is 7.66. The van der Waals surface area contributed by atoms with Crippen LogP contribution >= 0.6 is 15.9 Å². The molecule has 0 aromatic heterocycles. The highest BCUT2D eigenvalue weighted by atomic mass is 79.9. The van der Waals surface area contributed by atoms with Crippen molar-refractivity contribution in [3.63, 3.8) is 0 Å². The van der Waals surface area contributed by atoms with Crippen molar-refractivity contribution in [3.05, 3.63) is 58.1 Å². The van der Waals surface area contributed by atoms with Gasteiger partial charge >= 0.3 is 0 Å². The van der Waals surface area contributed by atoms with Crippen molar-refractivity contribution >= 4 is 31.9 Å². The molecule has 0 atom stereocenters. The van der Waals surface area contributed by atoms with Gasteiger partial charge in [-0.25, -0.2) is 8.42 Å². The molecule has 0 aliphatic carbocycles. The van der Waals surface area contributed by atoms with Crippen LogP contribution in [0.1, 0.15) is 11.1 Å². The fourth-order valence-electron chi connectivity index (χ4n) is 3.24. The number of benzene rings is 2. The number of hydrogen-bond acceptors (Lipinski definition) is 5. The molecule has 1 aliphatic heterocycles. The highest BCUT2D eigenvalue weighted by molar-refractivity contribution is 9.10.